The van der Waals surface area contributed by atoms with E-state index >= 15 is 0 Å². The molecule has 5 nitrogen and oxygen atoms in total. The second-order valence-corrected chi connectivity index (χ2v) is 4.86. The number of aryl methyl sites for hydroxylation is 1. The Morgan fingerprint density at radius 2 is 1.63 bits per heavy atom. The first-order valence-corrected chi connectivity index (χ1v) is 6.45. The third-order valence-electron chi connectivity index (χ3n) is 2.33. The van der Waals surface area contributed by atoms with Crippen molar-refractivity contribution in [3.63, 3.8) is 0 Å². The number of rotatable bonds is 3. The Bertz CT molecular complexity index is 618. The number of aromatic nitrogens is 3. The minimum atomic E-state index is 0.0798. The Labute approximate surface area is 125 Å². The molecule has 0 atom stereocenters. The summed E-state index contributed by atoms with van der Waals surface area (Å²) in [5.74, 6) is 0.642. The van der Waals surface area contributed by atoms with Crippen molar-refractivity contribution >= 4 is 52.4 Å². The van der Waals surface area contributed by atoms with E-state index in [9.17, 15) is 0 Å². The minimum absolute atomic E-state index is 0.0798. The van der Waals surface area contributed by atoms with Crippen LogP contribution in [0.5, 0.6) is 0 Å². The zero-order valence-corrected chi connectivity index (χ0v) is 12.4. The molecule has 0 unspecified atom stereocenters. The van der Waals surface area contributed by atoms with Crippen LogP contribution < -0.4 is 10.6 Å². The molecule has 1 aromatic heterocycles. The highest BCUT2D eigenvalue weighted by Crippen LogP contribution is 2.30. The van der Waals surface area contributed by atoms with Crippen molar-refractivity contribution in [2.75, 3.05) is 17.7 Å². The van der Waals surface area contributed by atoms with E-state index in [0.29, 0.717) is 21.7 Å². The van der Waals surface area contributed by atoms with E-state index in [1.807, 2.05) is 6.92 Å². The molecule has 1 heterocycles. The van der Waals surface area contributed by atoms with E-state index in [1.54, 1.807) is 19.2 Å². The molecule has 0 saturated carbocycles. The Morgan fingerprint density at radius 3 is 2.32 bits per heavy atom. The molecule has 0 amide bonds. The van der Waals surface area contributed by atoms with Crippen LogP contribution in [-0.2, 0) is 0 Å². The predicted octanol–water partition coefficient (Wildman–Crippen LogP) is 3.93. The molecule has 0 aliphatic carbocycles. The zero-order chi connectivity index (χ0) is 14.0. The molecule has 100 valence electrons. The quantitative estimate of drug-likeness (QED) is 0.898. The number of benzene rings is 1. The maximum absolute atomic E-state index is 6.12. The van der Waals surface area contributed by atoms with E-state index in [-0.39, 0.29) is 11.2 Å². The summed E-state index contributed by atoms with van der Waals surface area (Å²) >= 11 is 18.0. The van der Waals surface area contributed by atoms with Crippen molar-refractivity contribution in [1.29, 1.82) is 0 Å². The summed E-state index contributed by atoms with van der Waals surface area (Å²) in [5.41, 5.74) is 1.49. The molecule has 0 aliphatic heterocycles. The highest BCUT2D eigenvalue weighted by atomic mass is 35.5. The van der Waals surface area contributed by atoms with Crippen molar-refractivity contribution in [2.24, 2.45) is 0 Å². The molecule has 0 aliphatic rings. The summed E-state index contributed by atoms with van der Waals surface area (Å²) in [7, 11) is 1.69. The Morgan fingerprint density at radius 1 is 0.947 bits per heavy atom. The van der Waals surface area contributed by atoms with Gasteiger partial charge in [0.25, 0.3) is 0 Å². The number of nitrogens with one attached hydrogen (secondary N) is 2. The molecule has 0 fully saturated rings. The highest BCUT2D eigenvalue weighted by molar-refractivity contribution is 6.35. The smallest absolute Gasteiger partial charge is 0.233 e. The van der Waals surface area contributed by atoms with Crippen molar-refractivity contribution in [1.82, 2.24) is 15.0 Å². The first-order valence-electron chi connectivity index (χ1n) is 5.31. The van der Waals surface area contributed by atoms with Gasteiger partial charge in [0, 0.05) is 12.1 Å². The number of hydrogen-bond donors (Lipinski definition) is 2. The molecule has 0 bridgehead atoms. The SMILES string of the molecule is CNc1nc(Cl)nc(Nc2cc(Cl)c(C)cc2Cl)n1. The zero-order valence-electron chi connectivity index (χ0n) is 10.1. The van der Waals surface area contributed by atoms with Gasteiger partial charge in [-0.1, -0.05) is 23.2 Å². The third kappa shape index (κ3) is 3.37. The van der Waals surface area contributed by atoms with Crippen molar-refractivity contribution in [2.45, 2.75) is 6.92 Å². The molecule has 2 rings (SSSR count). The minimum Gasteiger partial charge on any atom is -0.357 e. The summed E-state index contributed by atoms with van der Waals surface area (Å²) < 4.78 is 0. The fraction of sp³-hybridized carbons (Fsp3) is 0.182. The van der Waals surface area contributed by atoms with Crippen LogP contribution in [0.3, 0.4) is 0 Å². The number of nitrogens with zero attached hydrogens (tertiary/aromatic N) is 3. The molecule has 0 saturated heterocycles. The Hall–Kier alpha value is -1.30. The lowest BCUT2D eigenvalue weighted by Gasteiger charge is -2.09. The predicted molar refractivity (Wildman–Crippen MR) is 78.9 cm³/mol. The lowest BCUT2D eigenvalue weighted by molar-refractivity contribution is 1.05. The van der Waals surface area contributed by atoms with Crippen LogP contribution >= 0.6 is 34.8 Å². The van der Waals surface area contributed by atoms with Gasteiger partial charge in [-0.15, -0.1) is 0 Å². The van der Waals surface area contributed by atoms with Gasteiger partial charge in [-0.3, -0.25) is 0 Å². The van der Waals surface area contributed by atoms with Gasteiger partial charge >= 0.3 is 0 Å². The number of halogens is 3. The summed E-state index contributed by atoms with van der Waals surface area (Å²) in [6.07, 6.45) is 0. The van der Waals surface area contributed by atoms with Crippen LogP contribution in [0, 0.1) is 6.92 Å². The van der Waals surface area contributed by atoms with Crippen LogP contribution in [0.1, 0.15) is 5.56 Å². The first kappa shape index (κ1) is 14.1. The summed E-state index contributed by atoms with van der Waals surface area (Å²) in [4.78, 5) is 12.0. The first-order chi connectivity index (χ1) is 8.99. The van der Waals surface area contributed by atoms with Crippen LogP contribution in [0.15, 0.2) is 12.1 Å². The summed E-state index contributed by atoms with van der Waals surface area (Å²) in [6.45, 7) is 1.87. The molecule has 0 spiro atoms. The van der Waals surface area contributed by atoms with Crippen molar-refractivity contribution in [3.05, 3.63) is 33.0 Å². The van der Waals surface area contributed by atoms with Gasteiger partial charge in [0.15, 0.2) is 0 Å². The molecule has 8 heteroatoms. The highest BCUT2D eigenvalue weighted by Gasteiger charge is 2.08. The summed E-state index contributed by atoms with van der Waals surface area (Å²) in [5, 5.41) is 6.93. The fourth-order valence-electron chi connectivity index (χ4n) is 1.38. The second kappa shape index (κ2) is 5.77. The fourth-order valence-corrected chi connectivity index (χ4v) is 1.97. The van der Waals surface area contributed by atoms with Crippen molar-refractivity contribution in [3.8, 4) is 0 Å². The van der Waals surface area contributed by atoms with Gasteiger partial charge in [0.1, 0.15) is 0 Å². The molecule has 1 aromatic carbocycles. The van der Waals surface area contributed by atoms with Crippen LogP contribution in [-0.4, -0.2) is 22.0 Å². The lowest BCUT2D eigenvalue weighted by Crippen LogP contribution is -2.04. The second-order valence-electron chi connectivity index (χ2n) is 3.71. The normalized spacial score (nSPS) is 10.4. The molecule has 19 heavy (non-hydrogen) atoms. The molecule has 2 N–H and O–H groups in total. The average molecular weight is 319 g/mol. The largest absolute Gasteiger partial charge is 0.357 e. The van der Waals surface area contributed by atoms with Crippen LogP contribution in [0.2, 0.25) is 15.3 Å². The van der Waals surface area contributed by atoms with Gasteiger partial charge < -0.3 is 10.6 Å². The topological polar surface area (TPSA) is 62.7 Å². The van der Waals surface area contributed by atoms with Gasteiger partial charge in [-0.2, -0.15) is 15.0 Å². The molecule has 0 radical (unpaired) electrons. The van der Waals surface area contributed by atoms with Crippen LogP contribution in [0.4, 0.5) is 17.6 Å². The molecular formula is C11H10Cl3N5. The number of anilines is 3. The monoisotopic (exact) mass is 317 g/mol. The van der Waals surface area contributed by atoms with E-state index in [1.165, 1.54) is 0 Å². The molecular weight excluding hydrogens is 309 g/mol. The third-order valence-corrected chi connectivity index (χ3v) is 3.22. The van der Waals surface area contributed by atoms with Gasteiger partial charge in [0.05, 0.1) is 10.7 Å². The van der Waals surface area contributed by atoms with Crippen LogP contribution in [0.25, 0.3) is 0 Å². The Kier molecular flexibility index (Phi) is 4.29. The maximum atomic E-state index is 6.12. The van der Waals surface area contributed by atoms with E-state index in [2.05, 4.69) is 25.6 Å². The van der Waals surface area contributed by atoms with E-state index in [0.717, 1.165) is 5.56 Å². The van der Waals surface area contributed by atoms with Gasteiger partial charge in [0.2, 0.25) is 17.2 Å². The Balaban J connectivity index is 2.36. The van der Waals surface area contributed by atoms with E-state index in [4.69, 9.17) is 34.8 Å². The number of hydrogen-bond acceptors (Lipinski definition) is 5. The summed E-state index contributed by atoms with van der Waals surface area (Å²) in [6, 6.07) is 3.46. The standard InChI is InChI=1S/C11H10Cl3N5/c1-5-3-7(13)8(4-6(5)12)16-11-18-9(14)17-10(15-2)19-11/h3-4H,1-2H3,(H2,15,16,17,18,19). The average Bonchev–Trinajstić information content (AvgIpc) is 2.35. The van der Waals surface area contributed by atoms with E-state index < -0.39 is 0 Å². The van der Waals surface area contributed by atoms with Gasteiger partial charge in [-0.25, -0.2) is 0 Å². The van der Waals surface area contributed by atoms with Crippen molar-refractivity contribution < 1.29 is 0 Å². The lowest BCUT2D eigenvalue weighted by atomic mass is 10.2. The molecule has 2 aromatic rings. The van der Waals surface area contributed by atoms with Gasteiger partial charge in [-0.05, 0) is 36.2 Å². The maximum Gasteiger partial charge on any atom is 0.233 e.